The van der Waals surface area contributed by atoms with Crippen molar-refractivity contribution in [2.24, 2.45) is 0 Å². The average molecular weight is 499 g/mol. The lowest BCUT2D eigenvalue weighted by atomic mass is 10.1. The number of nitrogens with one attached hydrogen (secondary N) is 1. The van der Waals surface area contributed by atoms with E-state index >= 15 is 0 Å². The zero-order chi connectivity index (χ0) is 21.6. The van der Waals surface area contributed by atoms with E-state index in [1.54, 1.807) is 6.20 Å². The van der Waals surface area contributed by atoms with Crippen molar-refractivity contribution in [2.75, 3.05) is 32.0 Å². The van der Waals surface area contributed by atoms with Crippen LogP contribution < -0.4 is 5.32 Å². The monoisotopic (exact) mass is 497 g/mol. The van der Waals surface area contributed by atoms with Crippen LogP contribution in [0.3, 0.4) is 0 Å². The second-order valence-electron chi connectivity index (χ2n) is 7.55. The van der Waals surface area contributed by atoms with Crippen LogP contribution in [0.5, 0.6) is 0 Å². The molecule has 0 saturated carbocycles. The topological polar surface area (TPSA) is 45.5 Å². The molecule has 1 N–H and O–H groups in total. The first-order valence-electron chi connectivity index (χ1n) is 10.4. The minimum Gasteiger partial charge on any atom is -0.370 e. The quantitative estimate of drug-likeness (QED) is 0.297. The van der Waals surface area contributed by atoms with Crippen molar-refractivity contribution >= 4 is 39.0 Å². The molecule has 31 heavy (non-hydrogen) atoms. The molecular weight excluding hydrogens is 474 g/mol. The van der Waals surface area contributed by atoms with Gasteiger partial charge in [0.1, 0.15) is 5.82 Å². The highest BCUT2D eigenvalue weighted by Crippen LogP contribution is 2.30. The molecule has 4 aromatic rings. The zero-order valence-electron chi connectivity index (χ0n) is 17.4. The largest absolute Gasteiger partial charge is 0.370 e. The Bertz CT molecular complexity index is 1150. The number of halogens is 2. The molecule has 7 heteroatoms. The standard InChI is InChI=1S/C24H25BrClN5/c1-30(15-12-18-8-3-2-4-9-18)14-7-13-27-23-16-22(19-10-5-6-11-21(19)26)29-24-20(25)17-28-31(23)24/h2-6,8-11,16-17,27H,7,12-15H2,1H3. The number of aromatic nitrogens is 3. The van der Waals surface area contributed by atoms with Gasteiger partial charge >= 0.3 is 0 Å². The molecule has 2 aromatic carbocycles. The molecule has 0 unspecified atom stereocenters. The summed E-state index contributed by atoms with van der Waals surface area (Å²) in [5, 5.41) is 8.66. The molecular formula is C24H25BrClN5. The number of benzene rings is 2. The van der Waals surface area contributed by atoms with Gasteiger partial charge in [-0.2, -0.15) is 9.61 Å². The molecule has 0 fully saturated rings. The first-order chi connectivity index (χ1) is 15.1. The van der Waals surface area contributed by atoms with Crippen LogP contribution in [0.4, 0.5) is 5.82 Å². The van der Waals surface area contributed by atoms with Crippen LogP contribution in [0.15, 0.2) is 71.3 Å². The number of fused-ring (bicyclic) bond motifs is 1. The Balaban J connectivity index is 1.39. The first kappa shape index (κ1) is 21.8. The van der Waals surface area contributed by atoms with Crippen LogP contribution in [-0.4, -0.2) is 46.2 Å². The number of likely N-dealkylation sites (N-methyl/N-ethyl adjacent to an activating group) is 1. The highest BCUT2D eigenvalue weighted by Gasteiger charge is 2.13. The van der Waals surface area contributed by atoms with Gasteiger partial charge in [-0.05, 0) is 54.0 Å². The predicted octanol–water partition coefficient (Wildman–Crippen LogP) is 5.79. The fourth-order valence-corrected chi connectivity index (χ4v) is 4.09. The predicted molar refractivity (Wildman–Crippen MR) is 132 cm³/mol. The molecule has 0 saturated heterocycles. The molecule has 5 nitrogen and oxygen atoms in total. The van der Waals surface area contributed by atoms with Crippen LogP contribution >= 0.6 is 27.5 Å². The summed E-state index contributed by atoms with van der Waals surface area (Å²) >= 11 is 9.96. The van der Waals surface area contributed by atoms with Gasteiger partial charge < -0.3 is 10.2 Å². The van der Waals surface area contributed by atoms with Crippen molar-refractivity contribution in [3.63, 3.8) is 0 Å². The van der Waals surface area contributed by atoms with Gasteiger partial charge in [0.25, 0.3) is 0 Å². The number of nitrogens with zero attached hydrogens (tertiary/aromatic N) is 4. The summed E-state index contributed by atoms with van der Waals surface area (Å²) < 4.78 is 2.67. The van der Waals surface area contributed by atoms with Crippen molar-refractivity contribution in [2.45, 2.75) is 12.8 Å². The molecule has 160 valence electrons. The van der Waals surface area contributed by atoms with Crippen molar-refractivity contribution in [3.05, 3.63) is 81.9 Å². The van der Waals surface area contributed by atoms with Gasteiger partial charge in [0.2, 0.25) is 0 Å². The summed E-state index contributed by atoms with van der Waals surface area (Å²) in [4.78, 5) is 7.13. The summed E-state index contributed by atoms with van der Waals surface area (Å²) in [5.41, 5.74) is 3.87. The van der Waals surface area contributed by atoms with Crippen molar-refractivity contribution < 1.29 is 0 Å². The molecule has 2 aromatic heterocycles. The van der Waals surface area contributed by atoms with Gasteiger partial charge in [-0.1, -0.05) is 60.1 Å². The van der Waals surface area contributed by atoms with Gasteiger partial charge in [-0.25, -0.2) is 4.98 Å². The minimum absolute atomic E-state index is 0.681. The van der Waals surface area contributed by atoms with Crippen molar-refractivity contribution in [3.8, 4) is 11.3 Å². The maximum Gasteiger partial charge on any atom is 0.172 e. The fourth-order valence-electron chi connectivity index (χ4n) is 3.51. The number of rotatable bonds is 9. The molecule has 0 atom stereocenters. The Morgan fingerprint density at radius 3 is 2.65 bits per heavy atom. The van der Waals surface area contributed by atoms with Crippen molar-refractivity contribution in [1.82, 2.24) is 19.5 Å². The number of anilines is 1. The fraction of sp³-hybridized carbons (Fsp3) is 0.250. The lowest BCUT2D eigenvalue weighted by Crippen LogP contribution is -2.24. The summed E-state index contributed by atoms with van der Waals surface area (Å²) in [5.74, 6) is 0.901. The third-order valence-electron chi connectivity index (χ3n) is 5.23. The number of hydrogen-bond acceptors (Lipinski definition) is 4. The molecule has 0 aliphatic rings. The molecule has 0 radical (unpaired) electrons. The van der Waals surface area contributed by atoms with Crippen LogP contribution in [0, 0.1) is 0 Å². The van der Waals surface area contributed by atoms with Gasteiger partial charge in [0.05, 0.1) is 16.4 Å². The van der Waals surface area contributed by atoms with Gasteiger partial charge in [0.15, 0.2) is 5.65 Å². The van der Waals surface area contributed by atoms with E-state index in [-0.39, 0.29) is 0 Å². The molecule has 0 aliphatic heterocycles. The first-order valence-corrected chi connectivity index (χ1v) is 11.5. The van der Waals surface area contributed by atoms with Crippen molar-refractivity contribution in [1.29, 1.82) is 0 Å². The Labute approximate surface area is 196 Å². The van der Waals surface area contributed by atoms with E-state index in [2.05, 4.69) is 68.6 Å². The maximum atomic E-state index is 6.41. The van der Waals surface area contributed by atoms with E-state index < -0.39 is 0 Å². The highest BCUT2D eigenvalue weighted by atomic mass is 79.9. The van der Waals surface area contributed by atoms with Gasteiger partial charge in [-0.15, -0.1) is 0 Å². The van der Waals surface area contributed by atoms with Crippen LogP contribution in [0.2, 0.25) is 5.02 Å². The summed E-state index contributed by atoms with van der Waals surface area (Å²) in [7, 11) is 2.17. The molecule has 0 aliphatic carbocycles. The number of hydrogen-bond donors (Lipinski definition) is 1. The third-order valence-corrected chi connectivity index (χ3v) is 6.12. The smallest absolute Gasteiger partial charge is 0.172 e. The summed E-state index contributed by atoms with van der Waals surface area (Å²) in [6, 6.07) is 20.4. The van der Waals surface area contributed by atoms with Gasteiger partial charge in [-0.3, -0.25) is 0 Å². The van der Waals surface area contributed by atoms with E-state index in [4.69, 9.17) is 16.6 Å². The Hall–Kier alpha value is -2.41. The van der Waals surface area contributed by atoms with E-state index in [1.807, 2.05) is 34.8 Å². The Morgan fingerprint density at radius 2 is 1.84 bits per heavy atom. The maximum absolute atomic E-state index is 6.41. The average Bonchev–Trinajstić information content (AvgIpc) is 3.17. The third kappa shape index (κ3) is 5.45. The molecule has 0 bridgehead atoms. The van der Waals surface area contributed by atoms with Crippen LogP contribution in [-0.2, 0) is 6.42 Å². The van der Waals surface area contributed by atoms with E-state index in [0.29, 0.717) is 5.02 Å². The minimum atomic E-state index is 0.681. The highest BCUT2D eigenvalue weighted by molar-refractivity contribution is 9.10. The van der Waals surface area contributed by atoms with Crippen LogP contribution in [0.25, 0.3) is 16.9 Å². The Morgan fingerprint density at radius 1 is 1.06 bits per heavy atom. The summed E-state index contributed by atoms with van der Waals surface area (Å²) in [6.45, 7) is 2.91. The zero-order valence-corrected chi connectivity index (χ0v) is 19.8. The van der Waals surface area contributed by atoms with E-state index in [9.17, 15) is 0 Å². The lowest BCUT2D eigenvalue weighted by Gasteiger charge is -2.17. The van der Waals surface area contributed by atoms with Crippen LogP contribution in [0.1, 0.15) is 12.0 Å². The normalized spacial score (nSPS) is 11.4. The molecule has 0 amide bonds. The second kappa shape index (κ2) is 10.3. The molecule has 0 spiro atoms. The lowest BCUT2D eigenvalue weighted by molar-refractivity contribution is 0.337. The van der Waals surface area contributed by atoms with E-state index in [1.165, 1.54) is 5.56 Å². The van der Waals surface area contributed by atoms with E-state index in [0.717, 1.165) is 59.7 Å². The Kier molecular flexibility index (Phi) is 7.22. The van der Waals surface area contributed by atoms with Gasteiger partial charge in [0, 0.05) is 29.7 Å². The SMILES string of the molecule is CN(CCCNc1cc(-c2ccccc2Cl)nc2c(Br)cnn12)CCc1ccccc1. The molecule has 2 heterocycles. The second-order valence-corrected chi connectivity index (χ2v) is 8.82. The summed E-state index contributed by atoms with van der Waals surface area (Å²) in [6.07, 6.45) is 3.86. The molecule has 4 rings (SSSR count).